The van der Waals surface area contributed by atoms with Gasteiger partial charge in [-0.05, 0) is 37.0 Å². The maximum absolute atomic E-state index is 13.8. The second-order valence-electron chi connectivity index (χ2n) is 10.6. The Morgan fingerprint density at radius 2 is 1.83 bits per heavy atom. The Bertz CT molecular complexity index is 1530. The number of amides is 3. The Kier molecular flexibility index (Phi) is 8.37. The third-order valence-corrected chi connectivity index (χ3v) is 7.20. The first-order valence-corrected chi connectivity index (χ1v) is 13.9. The molecule has 0 spiro atoms. The molecule has 2 atom stereocenters. The topological polar surface area (TPSA) is 139 Å². The van der Waals surface area contributed by atoms with Crippen LogP contribution >= 0.6 is 0 Å². The number of rotatable bonds is 4. The lowest BCUT2D eigenvalue weighted by atomic mass is 10.0. The fourth-order valence-electron chi connectivity index (χ4n) is 5.11. The van der Waals surface area contributed by atoms with Gasteiger partial charge in [0.25, 0.3) is 5.91 Å². The van der Waals surface area contributed by atoms with Crippen LogP contribution in [0.4, 0.5) is 0 Å². The van der Waals surface area contributed by atoms with Crippen molar-refractivity contribution >= 4 is 23.4 Å². The van der Waals surface area contributed by atoms with Crippen molar-refractivity contribution in [2.24, 2.45) is 5.92 Å². The Balaban J connectivity index is 1.47. The molecule has 3 aromatic heterocycles. The second kappa shape index (κ2) is 12.3. The Hall–Kier alpha value is -4.61. The van der Waals surface area contributed by atoms with E-state index in [1.54, 1.807) is 34.7 Å². The molecule has 0 fully saturated rings. The molecule has 0 saturated heterocycles. The molecule has 0 unspecified atom stereocenters. The van der Waals surface area contributed by atoms with Gasteiger partial charge in [0.15, 0.2) is 5.65 Å². The fraction of sp³-hybridized carbons (Fsp3) is 0.414. The van der Waals surface area contributed by atoms with Gasteiger partial charge in [-0.1, -0.05) is 50.2 Å². The molecule has 3 amide bonds. The molecule has 12 heteroatoms. The first kappa shape index (κ1) is 27.9. The zero-order valence-electron chi connectivity index (χ0n) is 23.5. The van der Waals surface area contributed by atoms with E-state index in [4.69, 9.17) is 0 Å². The molecule has 0 bridgehead atoms. The van der Waals surface area contributed by atoms with Crippen molar-refractivity contribution in [2.75, 3.05) is 13.1 Å². The van der Waals surface area contributed by atoms with Crippen LogP contribution in [0.3, 0.4) is 0 Å². The first-order valence-electron chi connectivity index (χ1n) is 13.9. The van der Waals surface area contributed by atoms with E-state index >= 15 is 0 Å². The minimum Gasteiger partial charge on any atom is -0.344 e. The summed E-state index contributed by atoms with van der Waals surface area (Å²) in [7, 11) is 0. The van der Waals surface area contributed by atoms with Gasteiger partial charge < -0.3 is 15.5 Å². The van der Waals surface area contributed by atoms with E-state index in [1.165, 1.54) is 10.8 Å². The highest BCUT2D eigenvalue weighted by Gasteiger charge is 2.30. The van der Waals surface area contributed by atoms with Crippen LogP contribution in [0.25, 0.3) is 5.65 Å². The Labute approximate surface area is 238 Å². The van der Waals surface area contributed by atoms with Crippen molar-refractivity contribution in [1.82, 2.24) is 44.9 Å². The summed E-state index contributed by atoms with van der Waals surface area (Å²) in [6.45, 7) is 6.85. The standard InChI is InChI=1S/C29H35N9O3/c1-19(2)26-27-32-20(3)35-37(27)16-15-36(29(41)23-11-7-12-24-30-18-31-38(23)24)14-8-13-25(39)33-22(28(40)34-26)17-21-9-5-4-6-10-21/h4-7,9-12,18-19,22,26H,8,13-17H2,1-3H3,(H,33,39)(H,34,40)/t22-,26+/m0/s1. The molecule has 4 aromatic rings. The lowest BCUT2D eigenvalue weighted by Gasteiger charge is -2.28. The van der Waals surface area contributed by atoms with E-state index in [0.29, 0.717) is 55.5 Å². The molecule has 12 nitrogen and oxygen atoms in total. The second-order valence-corrected chi connectivity index (χ2v) is 10.6. The molecule has 214 valence electrons. The van der Waals surface area contributed by atoms with Crippen LogP contribution in [0.15, 0.2) is 54.9 Å². The van der Waals surface area contributed by atoms with Crippen LogP contribution in [0, 0.1) is 12.8 Å². The normalized spacial score (nSPS) is 19.0. The molecular weight excluding hydrogens is 522 g/mol. The molecule has 41 heavy (non-hydrogen) atoms. The van der Waals surface area contributed by atoms with Crippen molar-refractivity contribution in [3.8, 4) is 0 Å². The molecule has 0 saturated carbocycles. The molecular formula is C29H35N9O3. The van der Waals surface area contributed by atoms with Crippen molar-refractivity contribution in [1.29, 1.82) is 0 Å². The van der Waals surface area contributed by atoms with Gasteiger partial charge in [0, 0.05) is 25.9 Å². The number of hydrogen-bond donors (Lipinski definition) is 2. The summed E-state index contributed by atoms with van der Waals surface area (Å²) in [5.74, 6) is 0.432. The van der Waals surface area contributed by atoms with Gasteiger partial charge in [0.1, 0.15) is 29.7 Å². The van der Waals surface area contributed by atoms with Gasteiger partial charge in [0.2, 0.25) is 11.8 Å². The summed E-state index contributed by atoms with van der Waals surface area (Å²) >= 11 is 0. The number of nitrogens with zero attached hydrogens (tertiary/aromatic N) is 7. The predicted molar refractivity (Wildman–Crippen MR) is 151 cm³/mol. The Morgan fingerprint density at radius 3 is 2.61 bits per heavy atom. The number of fused-ring (bicyclic) bond motifs is 2. The summed E-state index contributed by atoms with van der Waals surface area (Å²) in [5, 5.41) is 14.9. The molecule has 0 radical (unpaired) electrons. The minimum absolute atomic E-state index is 0.00932. The molecule has 0 aliphatic carbocycles. The number of pyridine rings is 1. The van der Waals surface area contributed by atoms with E-state index in [2.05, 4.69) is 30.8 Å². The molecule has 1 aliphatic heterocycles. The van der Waals surface area contributed by atoms with Crippen LogP contribution < -0.4 is 10.6 Å². The fourth-order valence-corrected chi connectivity index (χ4v) is 5.11. The maximum Gasteiger partial charge on any atom is 0.272 e. The van der Waals surface area contributed by atoms with E-state index in [9.17, 15) is 14.4 Å². The highest BCUT2D eigenvalue weighted by molar-refractivity contribution is 5.93. The van der Waals surface area contributed by atoms with Crippen LogP contribution in [-0.2, 0) is 22.6 Å². The van der Waals surface area contributed by atoms with E-state index in [1.807, 2.05) is 44.2 Å². The van der Waals surface area contributed by atoms with Crippen LogP contribution in [0.5, 0.6) is 0 Å². The number of aromatic nitrogens is 6. The van der Waals surface area contributed by atoms with Crippen LogP contribution in [-0.4, -0.2) is 71.1 Å². The largest absolute Gasteiger partial charge is 0.344 e. The summed E-state index contributed by atoms with van der Waals surface area (Å²) in [6, 6.07) is 13.7. The van der Waals surface area contributed by atoms with Gasteiger partial charge in [-0.3, -0.25) is 14.4 Å². The number of nitrogens with one attached hydrogen (secondary N) is 2. The lowest BCUT2D eigenvalue weighted by Crippen LogP contribution is -2.50. The molecule has 4 heterocycles. The highest BCUT2D eigenvalue weighted by atomic mass is 16.2. The number of carbonyl (C=O) groups is 3. The quantitative estimate of drug-likeness (QED) is 0.392. The van der Waals surface area contributed by atoms with Crippen LogP contribution in [0.2, 0.25) is 0 Å². The predicted octanol–water partition coefficient (Wildman–Crippen LogP) is 2.11. The molecule has 2 N–H and O–H groups in total. The summed E-state index contributed by atoms with van der Waals surface area (Å²) in [5.41, 5.74) is 1.90. The van der Waals surface area contributed by atoms with Crippen molar-refractivity contribution in [2.45, 2.75) is 58.7 Å². The van der Waals surface area contributed by atoms with Crippen LogP contribution in [0.1, 0.15) is 60.4 Å². The number of aryl methyl sites for hydroxylation is 1. The van der Waals surface area contributed by atoms with Gasteiger partial charge in [-0.2, -0.15) is 10.2 Å². The minimum atomic E-state index is -0.769. The summed E-state index contributed by atoms with van der Waals surface area (Å²) in [4.78, 5) is 51.0. The summed E-state index contributed by atoms with van der Waals surface area (Å²) < 4.78 is 3.29. The maximum atomic E-state index is 13.8. The zero-order valence-corrected chi connectivity index (χ0v) is 23.5. The molecule has 5 rings (SSSR count). The lowest BCUT2D eigenvalue weighted by molar-refractivity contribution is -0.129. The average molecular weight is 558 g/mol. The highest BCUT2D eigenvalue weighted by Crippen LogP contribution is 2.22. The first-order chi connectivity index (χ1) is 19.8. The van der Waals surface area contributed by atoms with E-state index < -0.39 is 12.1 Å². The third kappa shape index (κ3) is 6.42. The van der Waals surface area contributed by atoms with Gasteiger partial charge in [-0.25, -0.2) is 19.2 Å². The third-order valence-electron chi connectivity index (χ3n) is 7.20. The average Bonchev–Trinajstić information content (AvgIpc) is 3.58. The molecule has 1 aliphatic rings. The smallest absolute Gasteiger partial charge is 0.272 e. The van der Waals surface area contributed by atoms with Crippen molar-refractivity contribution in [3.63, 3.8) is 0 Å². The van der Waals surface area contributed by atoms with Gasteiger partial charge in [0.05, 0.1) is 12.6 Å². The number of hydrogen-bond acceptors (Lipinski definition) is 7. The Morgan fingerprint density at radius 1 is 1.02 bits per heavy atom. The number of carbonyl (C=O) groups excluding carboxylic acids is 3. The van der Waals surface area contributed by atoms with Crippen molar-refractivity contribution in [3.05, 3.63) is 77.8 Å². The molecule has 1 aromatic carbocycles. The number of benzene rings is 1. The monoisotopic (exact) mass is 557 g/mol. The van der Waals surface area contributed by atoms with Crippen molar-refractivity contribution < 1.29 is 14.4 Å². The van der Waals surface area contributed by atoms with E-state index in [0.717, 1.165) is 5.56 Å². The zero-order chi connectivity index (χ0) is 28.9. The van der Waals surface area contributed by atoms with Gasteiger partial charge >= 0.3 is 0 Å². The summed E-state index contributed by atoms with van der Waals surface area (Å²) in [6.07, 6.45) is 2.34. The van der Waals surface area contributed by atoms with E-state index in [-0.39, 0.29) is 30.1 Å². The SMILES string of the molecule is Cc1nc2n(n1)CCN(C(=O)c1cccc3ncnn13)CCCC(=O)N[C@@H](Cc1ccccc1)C(=O)N[C@@H]2C(C)C. The van der Waals surface area contributed by atoms with Gasteiger partial charge in [-0.15, -0.1) is 0 Å².